The summed E-state index contributed by atoms with van der Waals surface area (Å²) in [6.07, 6.45) is 0.730. The van der Waals surface area contributed by atoms with E-state index in [1.165, 1.54) is 11.3 Å². The van der Waals surface area contributed by atoms with E-state index in [1.54, 1.807) is 11.4 Å². The van der Waals surface area contributed by atoms with Crippen molar-refractivity contribution >= 4 is 33.2 Å². The molecule has 0 aliphatic heterocycles. The van der Waals surface area contributed by atoms with Crippen molar-refractivity contribution in [2.24, 2.45) is 0 Å². The summed E-state index contributed by atoms with van der Waals surface area (Å²) in [6.45, 7) is 1.90. The van der Waals surface area contributed by atoms with Gasteiger partial charge in [0.25, 0.3) is 5.91 Å². The Labute approximate surface area is 95.3 Å². The van der Waals surface area contributed by atoms with Gasteiger partial charge in [-0.15, -0.1) is 11.3 Å². The normalized spacial score (nSPS) is 12.5. The van der Waals surface area contributed by atoms with E-state index in [-0.39, 0.29) is 18.6 Å². The molecule has 5 heteroatoms. The summed E-state index contributed by atoms with van der Waals surface area (Å²) >= 11 is 4.76. The van der Waals surface area contributed by atoms with Crippen LogP contribution in [0.25, 0.3) is 0 Å². The second kappa shape index (κ2) is 5.48. The first-order valence-electron chi connectivity index (χ1n) is 4.33. The van der Waals surface area contributed by atoms with E-state index < -0.39 is 0 Å². The predicted octanol–water partition coefficient (Wildman–Crippen LogP) is 2.01. The Kier molecular flexibility index (Phi) is 4.57. The Hall–Kier alpha value is -0.390. The first kappa shape index (κ1) is 11.7. The third kappa shape index (κ3) is 3.08. The van der Waals surface area contributed by atoms with Crippen molar-refractivity contribution in [3.05, 3.63) is 20.8 Å². The highest BCUT2D eigenvalue weighted by Gasteiger charge is 2.12. The third-order valence-electron chi connectivity index (χ3n) is 1.88. The average Bonchev–Trinajstić information content (AvgIpc) is 2.61. The number of hydrogen-bond acceptors (Lipinski definition) is 3. The molecular formula is C9H12BrNO2S. The van der Waals surface area contributed by atoms with E-state index in [1.807, 2.05) is 6.92 Å². The lowest BCUT2D eigenvalue weighted by Crippen LogP contribution is -2.36. The molecule has 1 heterocycles. The molecule has 0 bridgehead atoms. The van der Waals surface area contributed by atoms with E-state index >= 15 is 0 Å². The van der Waals surface area contributed by atoms with Crippen LogP contribution in [0.1, 0.15) is 23.7 Å². The quantitative estimate of drug-likeness (QED) is 0.885. The van der Waals surface area contributed by atoms with E-state index in [2.05, 4.69) is 21.2 Å². The molecule has 2 N–H and O–H groups in total. The lowest BCUT2D eigenvalue weighted by Gasteiger charge is -2.12. The lowest BCUT2D eigenvalue weighted by atomic mass is 10.2. The molecule has 1 amide bonds. The molecule has 0 radical (unpaired) electrons. The number of hydrogen-bond donors (Lipinski definition) is 2. The molecule has 14 heavy (non-hydrogen) atoms. The van der Waals surface area contributed by atoms with Crippen LogP contribution in [0.3, 0.4) is 0 Å². The zero-order valence-electron chi connectivity index (χ0n) is 7.79. The highest BCUT2D eigenvalue weighted by molar-refractivity contribution is 9.11. The van der Waals surface area contributed by atoms with Crippen LogP contribution in [-0.4, -0.2) is 23.7 Å². The molecule has 0 aliphatic rings. The zero-order chi connectivity index (χ0) is 10.6. The Morgan fingerprint density at radius 3 is 2.93 bits per heavy atom. The molecule has 1 unspecified atom stereocenters. The summed E-state index contributed by atoms with van der Waals surface area (Å²) in [4.78, 5) is 11.5. The Bertz CT molecular complexity index is 310. The molecule has 0 saturated heterocycles. The molecule has 1 aromatic heterocycles. The second-order valence-electron chi connectivity index (χ2n) is 2.90. The van der Waals surface area contributed by atoms with Crippen LogP contribution in [0.15, 0.2) is 15.2 Å². The molecular weight excluding hydrogens is 266 g/mol. The summed E-state index contributed by atoms with van der Waals surface area (Å²) in [5.74, 6) is -0.132. The van der Waals surface area contributed by atoms with Crippen molar-refractivity contribution in [3.8, 4) is 0 Å². The van der Waals surface area contributed by atoms with Crippen molar-refractivity contribution in [2.45, 2.75) is 19.4 Å². The van der Waals surface area contributed by atoms with Gasteiger partial charge in [-0.3, -0.25) is 4.79 Å². The van der Waals surface area contributed by atoms with Crippen LogP contribution in [0.2, 0.25) is 0 Å². The molecule has 1 rings (SSSR count). The smallest absolute Gasteiger partial charge is 0.252 e. The third-order valence-corrected chi connectivity index (χ3v) is 3.38. The molecule has 0 spiro atoms. The number of nitrogens with one attached hydrogen (secondary N) is 1. The highest BCUT2D eigenvalue weighted by atomic mass is 79.9. The number of amides is 1. The molecule has 1 aromatic rings. The number of halogens is 1. The van der Waals surface area contributed by atoms with Gasteiger partial charge in [0.15, 0.2) is 0 Å². The Morgan fingerprint density at radius 2 is 2.50 bits per heavy atom. The van der Waals surface area contributed by atoms with Gasteiger partial charge in [-0.25, -0.2) is 0 Å². The van der Waals surface area contributed by atoms with E-state index in [9.17, 15) is 4.79 Å². The van der Waals surface area contributed by atoms with Crippen LogP contribution < -0.4 is 5.32 Å². The number of carbonyl (C=O) groups excluding carboxylic acids is 1. The van der Waals surface area contributed by atoms with Crippen LogP contribution >= 0.6 is 27.3 Å². The largest absolute Gasteiger partial charge is 0.394 e. The van der Waals surface area contributed by atoms with Gasteiger partial charge in [-0.1, -0.05) is 6.92 Å². The number of rotatable bonds is 4. The van der Waals surface area contributed by atoms with Gasteiger partial charge in [-0.05, 0) is 28.4 Å². The van der Waals surface area contributed by atoms with Gasteiger partial charge in [0.1, 0.15) is 0 Å². The maximum absolute atomic E-state index is 11.5. The van der Waals surface area contributed by atoms with E-state index in [0.717, 1.165) is 10.2 Å². The standard InChI is InChI=1S/C9H12BrNO2S/c1-2-7(4-12)11-9(13)6-3-8(10)14-5-6/h3,5,7,12H,2,4H2,1H3,(H,11,13). The summed E-state index contributed by atoms with van der Waals surface area (Å²) in [5.41, 5.74) is 0.633. The first-order chi connectivity index (χ1) is 6.67. The lowest BCUT2D eigenvalue weighted by molar-refractivity contribution is 0.0915. The fourth-order valence-electron chi connectivity index (χ4n) is 0.975. The average molecular weight is 278 g/mol. The van der Waals surface area contributed by atoms with Gasteiger partial charge in [-0.2, -0.15) is 0 Å². The van der Waals surface area contributed by atoms with Crippen molar-refractivity contribution in [1.82, 2.24) is 5.32 Å². The molecule has 3 nitrogen and oxygen atoms in total. The minimum Gasteiger partial charge on any atom is -0.394 e. The van der Waals surface area contributed by atoms with Crippen LogP contribution in [0, 0.1) is 0 Å². The summed E-state index contributed by atoms with van der Waals surface area (Å²) < 4.78 is 0.930. The van der Waals surface area contributed by atoms with E-state index in [0.29, 0.717) is 5.56 Å². The fraction of sp³-hybridized carbons (Fsp3) is 0.444. The zero-order valence-corrected chi connectivity index (χ0v) is 10.2. The number of thiophene rings is 1. The van der Waals surface area contributed by atoms with Gasteiger partial charge < -0.3 is 10.4 Å². The maximum Gasteiger partial charge on any atom is 0.252 e. The van der Waals surface area contributed by atoms with E-state index in [4.69, 9.17) is 5.11 Å². The van der Waals surface area contributed by atoms with Crippen LogP contribution in [0.4, 0.5) is 0 Å². The number of carbonyl (C=O) groups is 1. The van der Waals surface area contributed by atoms with Crippen molar-refractivity contribution in [2.75, 3.05) is 6.61 Å². The molecule has 0 saturated carbocycles. The number of aliphatic hydroxyl groups excluding tert-OH is 1. The minimum absolute atomic E-state index is 0.0203. The maximum atomic E-state index is 11.5. The fourth-order valence-corrected chi connectivity index (χ4v) is 2.11. The minimum atomic E-state index is -0.152. The molecule has 0 aliphatic carbocycles. The molecule has 78 valence electrons. The first-order valence-corrected chi connectivity index (χ1v) is 6.00. The van der Waals surface area contributed by atoms with Crippen LogP contribution in [-0.2, 0) is 0 Å². The van der Waals surface area contributed by atoms with Crippen molar-refractivity contribution in [1.29, 1.82) is 0 Å². The highest BCUT2D eigenvalue weighted by Crippen LogP contribution is 2.20. The van der Waals surface area contributed by atoms with Gasteiger partial charge in [0.05, 0.1) is 22.0 Å². The van der Waals surface area contributed by atoms with Gasteiger partial charge in [0.2, 0.25) is 0 Å². The summed E-state index contributed by atoms with van der Waals surface area (Å²) in [5, 5.41) is 13.4. The summed E-state index contributed by atoms with van der Waals surface area (Å²) in [7, 11) is 0. The predicted molar refractivity (Wildman–Crippen MR) is 60.7 cm³/mol. The molecule has 0 aromatic carbocycles. The Morgan fingerprint density at radius 1 is 1.79 bits per heavy atom. The van der Waals surface area contributed by atoms with Crippen molar-refractivity contribution in [3.63, 3.8) is 0 Å². The van der Waals surface area contributed by atoms with Gasteiger partial charge in [0, 0.05) is 5.38 Å². The van der Waals surface area contributed by atoms with Crippen molar-refractivity contribution < 1.29 is 9.90 Å². The Balaban J connectivity index is 2.58. The molecule has 0 fully saturated rings. The number of aliphatic hydroxyl groups is 1. The monoisotopic (exact) mass is 277 g/mol. The summed E-state index contributed by atoms with van der Waals surface area (Å²) in [6, 6.07) is 1.62. The van der Waals surface area contributed by atoms with Gasteiger partial charge >= 0.3 is 0 Å². The second-order valence-corrected chi connectivity index (χ2v) is 5.19. The SMILES string of the molecule is CCC(CO)NC(=O)c1csc(Br)c1. The van der Waals surface area contributed by atoms with Crippen LogP contribution in [0.5, 0.6) is 0 Å². The topological polar surface area (TPSA) is 49.3 Å². The molecule has 1 atom stereocenters.